The molecule has 0 aliphatic rings. The minimum atomic E-state index is -0.461. The Kier molecular flexibility index (Phi) is 2.90. The minimum absolute atomic E-state index is 0.461. The van der Waals surface area contributed by atoms with Crippen LogP contribution in [0.5, 0.6) is 0 Å². The van der Waals surface area contributed by atoms with Gasteiger partial charge in [0, 0.05) is 5.02 Å². The largest absolute Gasteiger partial charge is 0.382 e. The fourth-order valence-corrected chi connectivity index (χ4v) is 1.03. The maximum Gasteiger partial charge on any atom is 0.382 e. The third-order valence-corrected chi connectivity index (χ3v) is 1.88. The normalized spacial score (nSPS) is 9.50. The smallest absolute Gasteiger partial charge is 0.165 e. The van der Waals surface area contributed by atoms with Gasteiger partial charge in [0.15, 0.2) is 0 Å². The van der Waals surface area contributed by atoms with Gasteiger partial charge < -0.3 is 0 Å². The van der Waals surface area contributed by atoms with Crippen molar-refractivity contribution in [2.24, 2.45) is 0 Å². The Morgan fingerprint density at radius 2 is 1.50 bits per heavy atom. The summed E-state index contributed by atoms with van der Waals surface area (Å²) in [6, 6.07) is 7.11. The van der Waals surface area contributed by atoms with Crippen LogP contribution in [-0.4, -0.2) is 5.54 Å². The van der Waals surface area contributed by atoms with E-state index in [4.69, 9.17) is 34.5 Å². The molecule has 0 saturated heterocycles. The molecule has 0 aromatic heterocycles. The highest BCUT2D eigenvalue weighted by Crippen LogP contribution is 2.06. The van der Waals surface area contributed by atoms with E-state index in [0.717, 1.165) is 5.46 Å². The maximum atomic E-state index is 5.63. The van der Waals surface area contributed by atoms with Crippen LogP contribution in [0.25, 0.3) is 0 Å². The molecule has 0 aliphatic heterocycles. The van der Waals surface area contributed by atoms with Crippen LogP contribution < -0.4 is 5.46 Å². The van der Waals surface area contributed by atoms with Gasteiger partial charge in [0.1, 0.15) is 0 Å². The van der Waals surface area contributed by atoms with Crippen molar-refractivity contribution in [3.8, 4) is 0 Å². The van der Waals surface area contributed by atoms with E-state index in [1.807, 2.05) is 0 Å². The summed E-state index contributed by atoms with van der Waals surface area (Å²) in [4.78, 5) is 0. The van der Waals surface area contributed by atoms with Crippen LogP contribution in [-0.2, 0) is 0 Å². The van der Waals surface area contributed by atoms with Gasteiger partial charge in [0.25, 0.3) is 0 Å². The van der Waals surface area contributed by atoms with Gasteiger partial charge in [0.2, 0.25) is 0 Å². The van der Waals surface area contributed by atoms with Crippen molar-refractivity contribution in [3.63, 3.8) is 0 Å². The molecule has 1 aromatic carbocycles. The lowest BCUT2D eigenvalue weighted by Crippen LogP contribution is -2.16. The predicted molar refractivity (Wildman–Crippen MR) is 48.5 cm³/mol. The first-order chi connectivity index (χ1) is 4.70. The topological polar surface area (TPSA) is 0 Å². The van der Waals surface area contributed by atoms with Crippen molar-refractivity contribution in [1.82, 2.24) is 0 Å². The number of halogens is 3. The molecule has 1 rings (SSSR count). The van der Waals surface area contributed by atoms with Gasteiger partial charge in [-0.3, -0.25) is 0 Å². The molecular weight excluding hydrogens is 189 g/mol. The second-order valence-electron chi connectivity index (χ2n) is 1.85. The van der Waals surface area contributed by atoms with Gasteiger partial charge in [-0.25, -0.2) is 0 Å². The van der Waals surface area contributed by atoms with E-state index in [1.54, 1.807) is 24.3 Å². The summed E-state index contributed by atoms with van der Waals surface area (Å²) in [5.41, 5.74) is 0.407. The summed E-state index contributed by atoms with van der Waals surface area (Å²) < 4.78 is 0. The standard InChI is InChI=1S/C6H4BCl3/c8-6-3-1-5(2-4-6)7(9)10/h1-4H. The monoisotopic (exact) mass is 192 g/mol. The van der Waals surface area contributed by atoms with Crippen molar-refractivity contribution in [2.75, 3.05) is 0 Å². The van der Waals surface area contributed by atoms with E-state index in [2.05, 4.69) is 0 Å². The zero-order chi connectivity index (χ0) is 7.56. The molecule has 0 fully saturated rings. The fourth-order valence-electron chi connectivity index (χ4n) is 0.608. The van der Waals surface area contributed by atoms with E-state index in [9.17, 15) is 0 Å². The van der Waals surface area contributed by atoms with Crippen LogP contribution in [0, 0.1) is 0 Å². The molecule has 0 spiro atoms. The Bertz CT molecular complexity index is 207. The van der Waals surface area contributed by atoms with Gasteiger partial charge in [-0.2, -0.15) is 22.9 Å². The average molecular weight is 193 g/mol. The van der Waals surface area contributed by atoms with Crippen molar-refractivity contribution in [1.29, 1.82) is 0 Å². The molecule has 0 saturated carbocycles. The first-order valence-electron chi connectivity index (χ1n) is 2.74. The number of rotatable bonds is 1. The van der Waals surface area contributed by atoms with Crippen LogP contribution >= 0.6 is 34.5 Å². The molecule has 4 heteroatoms. The Labute approximate surface area is 75.0 Å². The summed E-state index contributed by atoms with van der Waals surface area (Å²) in [5, 5.41) is 0.692. The minimum Gasteiger partial charge on any atom is -0.165 e. The maximum absolute atomic E-state index is 5.63. The van der Waals surface area contributed by atoms with Crippen LogP contribution in [0.4, 0.5) is 0 Å². The second kappa shape index (κ2) is 3.52. The first-order valence-corrected chi connectivity index (χ1v) is 3.99. The van der Waals surface area contributed by atoms with E-state index >= 15 is 0 Å². The van der Waals surface area contributed by atoms with Crippen molar-refractivity contribution in [3.05, 3.63) is 29.3 Å². The highest BCUT2D eigenvalue weighted by molar-refractivity contribution is 7.39. The van der Waals surface area contributed by atoms with E-state index in [-0.39, 0.29) is 0 Å². The van der Waals surface area contributed by atoms with Crippen LogP contribution in [0.2, 0.25) is 5.02 Å². The summed E-state index contributed by atoms with van der Waals surface area (Å²) >= 11 is 16.8. The SMILES string of the molecule is ClB(Cl)c1ccc(Cl)cc1. The molecule has 0 radical (unpaired) electrons. The van der Waals surface area contributed by atoms with Crippen LogP contribution in [0.15, 0.2) is 24.3 Å². The van der Waals surface area contributed by atoms with Gasteiger partial charge in [-0.05, 0) is 17.6 Å². The average Bonchev–Trinajstić information content (AvgIpc) is 1.88. The van der Waals surface area contributed by atoms with Crippen molar-refractivity contribution in [2.45, 2.75) is 0 Å². The zero-order valence-electron chi connectivity index (χ0n) is 5.02. The van der Waals surface area contributed by atoms with Crippen LogP contribution in [0.3, 0.4) is 0 Å². The molecule has 52 valence electrons. The molecule has 1 aromatic rings. The number of hydrogen-bond donors (Lipinski definition) is 0. The number of hydrogen-bond acceptors (Lipinski definition) is 0. The van der Waals surface area contributed by atoms with Gasteiger partial charge >= 0.3 is 5.54 Å². The number of benzene rings is 1. The second-order valence-corrected chi connectivity index (χ2v) is 3.38. The molecule has 0 aliphatic carbocycles. The fraction of sp³-hybridized carbons (Fsp3) is 0. The Morgan fingerprint density at radius 3 is 1.90 bits per heavy atom. The summed E-state index contributed by atoms with van der Waals surface area (Å²) in [6.07, 6.45) is 0. The molecule has 0 unspecified atom stereocenters. The van der Waals surface area contributed by atoms with Crippen molar-refractivity contribution < 1.29 is 0 Å². The summed E-state index contributed by atoms with van der Waals surface area (Å²) in [7, 11) is 0. The quantitative estimate of drug-likeness (QED) is 0.601. The predicted octanol–water partition coefficient (Wildman–Crippen LogP) is 2.51. The van der Waals surface area contributed by atoms with E-state index in [1.165, 1.54) is 0 Å². The third kappa shape index (κ3) is 2.08. The molecule has 0 amide bonds. The molecular formula is C6H4BCl3. The molecule has 0 atom stereocenters. The summed E-state index contributed by atoms with van der Waals surface area (Å²) in [6.45, 7) is 0. The lowest BCUT2D eigenvalue weighted by Gasteiger charge is -1.95. The molecule has 10 heavy (non-hydrogen) atoms. The zero-order valence-corrected chi connectivity index (χ0v) is 7.29. The highest BCUT2D eigenvalue weighted by atomic mass is 35.5. The highest BCUT2D eigenvalue weighted by Gasteiger charge is 2.07. The molecule has 0 heterocycles. The summed E-state index contributed by atoms with van der Waals surface area (Å²) in [5.74, 6) is 0. The van der Waals surface area contributed by atoms with Gasteiger partial charge in [-0.15, -0.1) is 0 Å². The molecule has 0 nitrogen and oxygen atoms in total. The van der Waals surface area contributed by atoms with Gasteiger partial charge in [-0.1, -0.05) is 23.7 Å². The van der Waals surface area contributed by atoms with Crippen molar-refractivity contribution >= 4 is 45.5 Å². The van der Waals surface area contributed by atoms with Gasteiger partial charge in [0.05, 0.1) is 0 Å². The van der Waals surface area contributed by atoms with E-state index < -0.39 is 5.54 Å². The van der Waals surface area contributed by atoms with E-state index in [0.29, 0.717) is 5.02 Å². The lowest BCUT2D eigenvalue weighted by molar-refractivity contribution is 1.77. The third-order valence-electron chi connectivity index (χ3n) is 1.12. The Balaban J connectivity index is 2.89. The Morgan fingerprint density at radius 1 is 1.00 bits per heavy atom. The molecule has 0 bridgehead atoms. The first kappa shape index (κ1) is 8.25. The molecule has 0 N–H and O–H groups in total. The lowest BCUT2D eigenvalue weighted by atomic mass is 9.93. The Hall–Kier alpha value is 0.155. The van der Waals surface area contributed by atoms with Crippen LogP contribution in [0.1, 0.15) is 0 Å².